The molecule has 0 N–H and O–H groups in total. The number of nitrogens with zero attached hydrogens (tertiary/aromatic N) is 2. The highest BCUT2D eigenvalue weighted by Gasteiger charge is 2.71. The Balaban J connectivity index is 1.43. The second kappa shape index (κ2) is 7.98. The van der Waals surface area contributed by atoms with Gasteiger partial charge in [0.25, 0.3) is 5.91 Å². The van der Waals surface area contributed by atoms with Crippen molar-refractivity contribution >= 4 is 5.91 Å². The van der Waals surface area contributed by atoms with E-state index in [1.54, 1.807) is 18.7 Å². The summed E-state index contributed by atoms with van der Waals surface area (Å²) < 4.78 is 35.9. The molecule has 0 bridgehead atoms. The number of epoxide rings is 1. The predicted molar refractivity (Wildman–Crippen MR) is 118 cm³/mol. The van der Waals surface area contributed by atoms with Crippen molar-refractivity contribution in [2.24, 2.45) is 0 Å². The summed E-state index contributed by atoms with van der Waals surface area (Å²) >= 11 is 0. The molecule has 4 aliphatic heterocycles. The third kappa shape index (κ3) is 3.73. The molecule has 1 aromatic rings. The van der Waals surface area contributed by atoms with E-state index in [4.69, 9.17) is 28.4 Å². The van der Waals surface area contributed by atoms with Crippen molar-refractivity contribution in [3.63, 3.8) is 0 Å². The van der Waals surface area contributed by atoms with Gasteiger partial charge in [-0.25, -0.2) is 0 Å². The summed E-state index contributed by atoms with van der Waals surface area (Å²) in [7, 11) is 1.50. The van der Waals surface area contributed by atoms with Gasteiger partial charge in [0, 0.05) is 7.11 Å². The number of ether oxygens (including phenoxy) is 6. The third-order valence-corrected chi connectivity index (χ3v) is 7.17. The van der Waals surface area contributed by atoms with Gasteiger partial charge >= 0.3 is 0 Å². The summed E-state index contributed by atoms with van der Waals surface area (Å²) in [5, 5.41) is 10.3. The maximum absolute atomic E-state index is 13.2. The lowest BCUT2D eigenvalue weighted by Gasteiger charge is -2.51. The molecule has 1 amide bonds. The monoisotopic (exact) mass is 472 g/mol. The van der Waals surface area contributed by atoms with E-state index >= 15 is 0 Å². The van der Waals surface area contributed by atoms with Gasteiger partial charge in [-0.2, -0.15) is 5.26 Å². The molecule has 0 aromatic heterocycles. The van der Waals surface area contributed by atoms with Crippen LogP contribution in [0.25, 0.3) is 0 Å². The molecular weight excluding hydrogens is 440 g/mol. The van der Waals surface area contributed by atoms with Gasteiger partial charge in [-0.15, -0.1) is 0 Å². The van der Waals surface area contributed by atoms with Crippen LogP contribution in [0.5, 0.6) is 0 Å². The van der Waals surface area contributed by atoms with E-state index in [9.17, 15) is 10.1 Å². The van der Waals surface area contributed by atoms with Gasteiger partial charge < -0.3 is 33.3 Å². The standard InChI is InChI=1S/C25H32N2O7/c1-23(2)30-13-16(31-23)18-17(32-24(3,4)33-18)15(12-26)27-20(19(29-6)22(27)28)25(5)21(34-25)14-10-8-7-9-11-14/h7-11,15-21H,13H2,1-6H3/t15-,16+,17+,18+,19-,20-,21?,25?/m0/s1. The zero-order valence-electron chi connectivity index (χ0n) is 20.4. The summed E-state index contributed by atoms with van der Waals surface area (Å²) in [6, 6.07) is 10.8. The van der Waals surface area contributed by atoms with Crippen LogP contribution in [0, 0.1) is 11.3 Å². The van der Waals surface area contributed by atoms with Crippen LogP contribution >= 0.6 is 0 Å². The molecule has 4 heterocycles. The van der Waals surface area contributed by atoms with E-state index in [1.807, 2.05) is 51.1 Å². The Labute approximate surface area is 199 Å². The molecule has 4 saturated heterocycles. The number of amides is 1. The fourth-order valence-corrected chi connectivity index (χ4v) is 5.59. The Morgan fingerprint density at radius 3 is 2.35 bits per heavy atom. The lowest BCUT2D eigenvalue weighted by atomic mass is 9.80. The summed E-state index contributed by atoms with van der Waals surface area (Å²) in [5.41, 5.74) is 0.329. The highest BCUT2D eigenvalue weighted by molar-refractivity contribution is 5.90. The summed E-state index contributed by atoms with van der Waals surface area (Å²) in [6.45, 7) is 9.51. The molecule has 0 spiro atoms. The van der Waals surface area contributed by atoms with Crippen molar-refractivity contribution in [3.05, 3.63) is 35.9 Å². The van der Waals surface area contributed by atoms with Gasteiger partial charge in [0.15, 0.2) is 17.7 Å². The zero-order valence-corrected chi connectivity index (χ0v) is 20.4. The summed E-state index contributed by atoms with van der Waals surface area (Å²) in [6.07, 6.45) is -2.66. The molecule has 2 unspecified atom stereocenters. The van der Waals surface area contributed by atoms with E-state index in [-0.39, 0.29) is 12.0 Å². The molecule has 4 aliphatic rings. The van der Waals surface area contributed by atoms with Crippen LogP contribution in [-0.2, 0) is 33.2 Å². The van der Waals surface area contributed by atoms with Crippen molar-refractivity contribution in [2.75, 3.05) is 13.7 Å². The largest absolute Gasteiger partial charge is 0.369 e. The Morgan fingerprint density at radius 2 is 1.76 bits per heavy atom. The molecule has 4 fully saturated rings. The summed E-state index contributed by atoms with van der Waals surface area (Å²) in [5.74, 6) is -1.97. The SMILES string of the molecule is CO[C@@H]1C(=O)N([C@@H](C#N)[C@H]2OC(C)(C)O[C@@H]2[C@H]2COC(C)(C)O2)[C@@H]1C1(C)OC1c1ccccc1. The number of hydrogen-bond donors (Lipinski definition) is 0. The number of benzene rings is 1. The lowest BCUT2D eigenvalue weighted by Crippen LogP contribution is -2.74. The normalized spacial score (nSPS) is 41.1. The highest BCUT2D eigenvalue weighted by Crippen LogP contribution is 2.57. The topological polar surface area (TPSA) is 103 Å². The first-order valence-corrected chi connectivity index (χ1v) is 11.7. The number of rotatable bonds is 6. The van der Waals surface area contributed by atoms with Crippen LogP contribution in [-0.4, -0.2) is 78.2 Å². The average molecular weight is 473 g/mol. The van der Waals surface area contributed by atoms with Gasteiger partial charge in [-0.3, -0.25) is 4.79 Å². The Hall–Kier alpha value is -2.06. The molecule has 0 radical (unpaired) electrons. The van der Waals surface area contributed by atoms with Crippen molar-refractivity contribution in [1.29, 1.82) is 5.26 Å². The minimum atomic E-state index is -0.947. The Bertz CT molecular complexity index is 993. The fraction of sp³-hybridized carbons (Fsp3) is 0.680. The smallest absolute Gasteiger partial charge is 0.255 e. The van der Waals surface area contributed by atoms with Gasteiger partial charge in [-0.1, -0.05) is 30.3 Å². The van der Waals surface area contributed by atoms with Crippen molar-refractivity contribution in [1.82, 2.24) is 4.90 Å². The zero-order chi connectivity index (χ0) is 24.5. The molecule has 8 atom stereocenters. The number of carbonyl (C=O) groups is 1. The highest BCUT2D eigenvalue weighted by atomic mass is 16.8. The van der Waals surface area contributed by atoms with E-state index in [0.29, 0.717) is 6.61 Å². The second-order valence-electron chi connectivity index (χ2n) is 10.4. The number of carbonyl (C=O) groups excluding carboxylic acids is 1. The number of β-lactam (4-membered cyclic amide) rings is 1. The first-order valence-electron chi connectivity index (χ1n) is 11.7. The van der Waals surface area contributed by atoms with E-state index in [0.717, 1.165) is 5.56 Å². The molecule has 0 saturated carbocycles. The predicted octanol–water partition coefficient (Wildman–Crippen LogP) is 2.31. The van der Waals surface area contributed by atoms with Crippen LogP contribution in [0.4, 0.5) is 0 Å². The van der Waals surface area contributed by atoms with Gasteiger partial charge in [0.05, 0.1) is 12.7 Å². The number of hydrogen-bond acceptors (Lipinski definition) is 8. The van der Waals surface area contributed by atoms with Crippen LogP contribution in [0.1, 0.15) is 46.3 Å². The van der Waals surface area contributed by atoms with Gasteiger partial charge in [0.2, 0.25) is 0 Å². The van der Waals surface area contributed by atoms with Gasteiger partial charge in [0.1, 0.15) is 42.1 Å². The summed E-state index contributed by atoms with van der Waals surface area (Å²) in [4.78, 5) is 14.8. The van der Waals surface area contributed by atoms with E-state index in [1.165, 1.54) is 7.11 Å². The molecule has 9 heteroatoms. The maximum Gasteiger partial charge on any atom is 0.255 e. The minimum absolute atomic E-state index is 0.202. The second-order valence-corrected chi connectivity index (χ2v) is 10.4. The lowest BCUT2D eigenvalue weighted by molar-refractivity contribution is -0.189. The maximum atomic E-state index is 13.2. The first-order chi connectivity index (χ1) is 16.0. The number of methoxy groups -OCH3 is 1. The number of likely N-dealkylation sites (tertiary alicyclic amines) is 1. The molecule has 5 rings (SSSR count). The van der Waals surface area contributed by atoms with Gasteiger partial charge in [-0.05, 0) is 40.2 Å². The third-order valence-electron chi connectivity index (χ3n) is 7.17. The molecule has 0 aliphatic carbocycles. The van der Waals surface area contributed by atoms with Crippen molar-refractivity contribution < 1.29 is 33.2 Å². The molecule has 9 nitrogen and oxygen atoms in total. The molecule has 34 heavy (non-hydrogen) atoms. The van der Waals surface area contributed by atoms with Crippen molar-refractivity contribution in [2.45, 2.75) is 94.4 Å². The van der Waals surface area contributed by atoms with E-state index in [2.05, 4.69) is 6.07 Å². The Morgan fingerprint density at radius 1 is 1.06 bits per heavy atom. The van der Waals surface area contributed by atoms with Crippen LogP contribution in [0.2, 0.25) is 0 Å². The van der Waals surface area contributed by atoms with Crippen LogP contribution in [0.15, 0.2) is 30.3 Å². The minimum Gasteiger partial charge on any atom is -0.369 e. The molecular formula is C25H32N2O7. The fourth-order valence-electron chi connectivity index (χ4n) is 5.59. The van der Waals surface area contributed by atoms with Crippen molar-refractivity contribution in [3.8, 4) is 6.07 Å². The van der Waals surface area contributed by atoms with Crippen LogP contribution in [0.3, 0.4) is 0 Å². The first kappa shape index (κ1) is 23.7. The van der Waals surface area contributed by atoms with Crippen LogP contribution < -0.4 is 0 Å². The Kier molecular flexibility index (Phi) is 5.56. The molecule has 1 aromatic carbocycles. The average Bonchev–Trinajstić information content (AvgIpc) is 3.16. The van der Waals surface area contributed by atoms with E-state index < -0.39 is 53.7 Å². The quantitative estimate of drug-likeness (QED) is 0.459. The number of nitriles is 1. The molecule has 184 valence electrons.